The van der Waals surface area contributed by atoms with E-state index in [9.17, 15) is 4.79 Å². The van der Waals surface area contributed by atoms with Gasteiger partial charge >= 0.3 is 6.09 Å². The molecular weight excluding hydrogens is 302 g/mol. The molecule has 2 rings (SSSR count). The highest BCUT2D eigenvalue weighted by molar-refractivity contribution is 5.67. The Bertz CT molecular complexity index is 481. The highest BCUT2D eigenvalue weighted by Crippen LogP contribution is 2.28. The van der Waals surface area contributed by atoms with E-state index in [2.05, 4.69) is 24.0 Å². The first-order valence-electron chi connectivity index (χ1n) is 8.95. The molecule has 0 heterocycles. The van der Waals surface area contributed by atoms with Gasteiger partial charge in [0.1, 0.15) is 6.10 Å². The topological polar surface area (TPSA) is 47.6 Å². The first kappa shape index (κ1) is 18.5. The lowest BCUT2D eigenvalue weighted by molar-refractivity contribution is 0.0530. The summed E-state index contributed by atoms with van der Waals surface area (Å²) in [4.78, 5) is 11.6. The molecule has 1 aromatic rings. The lowest BCUT2D eigenvalue weighted by atomic mass is 9.85. The molecule has 1 saturated carbocycles. The molecule has 0 radical (unpaired) electrons. The maximum absolute atomic E-state index is 11.6. The number of benzene rings is 1. The van der Waals surface area contributed by atoms with E-state index in [-0.39, 0.29) is 12.2 Å². The number of nitrogens with one attached hydrogen (secondary N) is 1. The van der Waals surface area contributed by atoms with Crippen LogP contribution < -0.4 is 5.32 Å². The summed E-state index contributed by atoms with van der Waals surface area (Å²) in [5.41, 5.74) is 1.22. The van der Waals surface area contributed by atoms with E-state index in [1.54, 1.807) is 6.08 Å². The zero-order chi connectivity index (χ0) is 17.0. The minimum absolute atomic E-state index is 0.0650. The van der Waals surface area contributed by atoms with E-state index < -0.39 is 0 Å². The van der Waals surface area contributed by atoms with Gasteiger partial charge in [-0.05, 0) is 50.0 Å². The van der Waals surface area contributed by atoms with Crippen molar-refractivity contribution in [1.82, 2.24) is 5.32 Å². The summed E-state index contributed by atoms with van der Waals surface area (Å²) in [6.45, 7) is 5.70. The van der Waals surface area contributed by atoms with Crippen LogP contribution in [0.25, 0.3) is 0 Å². The van der Waals surface area contributed by atoms with Gasteiger partial charge in [0, 0.05) is 13.2 Å². The monoisotopic (exact) mass is 331 g/mol. The van der Waals surface area contributed by atoms with Crippen molar-refractivity contribution in [3.63, 3.8) is 0 Å². The van der Waals surface area contributed by atoms with Crippen LogP contribution in [0.4, 0.5) is 4.79 Å². The van der Waals surface area contributed by atoms with E-state index in [0.29, 0.717) is 19.1 Å². The van der Waals surface area contributed by atoms with E-state index in [1.807, 2.05) is 18.2 Å². The molecule has 4 nitrogen and oxygen atoms in total. The third kappa shape index (κ3) is 7.18. The zero-order valence-corrected chi connectivity index (χ0v) is 14.4. The van der Waals surface area contributed by atoms with Crippen LogP contribution in [0.1, 0.15) is 44.1 Å². The van der Waals surface area contributed by atoms with E-state index in [1.165, 1.54) is 5.56 Å². The average molecular weight is 331 g/mol. The SMILES string of the molecule is C=CCCNC(=O)OC1CCC(CCOCc2ccccc2)CC1. The van der Waals surface area contributed by atoms with Crippen LogP contribution in [0.15, 0.2) is 43.0 Å². The van der Waals surface area contributed by atoms with Crippen LogP contribution in [0.5, 0.6) is 0 Å². The summed E-state index contributed by atoms with van der Waals surface area (Å²) in [5, 5.41) is 2.75. The van der Waals surface area contributed by atoms with Crippen LogP contribution in [0.2, 0.25) is 0 Å². The molecule has 132 valence electrons. The molecule has 1 N–H and O–H groups in total. The first-order chi connectivity index (χ1) is 11.8. The summed E-state index contributed by atoms with van der Waals surface area (Å²) in [6.07, 6.45) is 7.54. The molecule has 0 atom stereocenters. The van der Waals surface area contributed by atoms with Crippen LogP contribution in [-0.2, 0) is 16.1 Å². The number of rotatable bonds is 9. The van der Waals surface area contributed by atoms with Crippen molar-refractivity contribution in [2.24, 2.45) is 5.92 Å². The fraction of sp³-hybridized carbons (Fsp3) is 0.550. The number of carbonyl (C=O) groups is 1. The van der Waals surface area contributed by atoms with Crippen molar-refractivity contribution in [3.05, 3.63) is 48.6 Å². The Morgan fingerprint density at radius 2 is 1.96 bits per heavy atom. The molecule has 0 spiro atoms. The van der Waals surface area contributed by atoms with Gasteiger partial charge in [-0.3, -0.25) is 0 Å². The van der Waals surface area contributed by atoms with Crippen molar-refractivity contribution in [2.45, 2.75) is 51.2 Å². The molecule has 1 aromatic carbocycles. The summed E-state index contributed by atoms with van der Waals surface area (Å²) in [7, 11) is 0. The molecule has 4 heteroatoms. The molecule has 0 aliphatic heterocycles. The van der Waals surface area contributed by atoms with Gasteiger partial charge in [0.05, 0.1) is 6.61 Å². The van der Waals surface area contributed by atoms with Crippen LogP contribution >= 0.6 is 0 Å². The van der Waals surface area contributed by atoms with Crippen molar-refractivity contribution < 1.29 is 14.3 Å². The largest absolute Gasteiger partial charge is 0.446 e. The van der Waals surface area contributed by atoms with E-state index >= 15 is 0 Å². The molecule has 24 heavy (non-hydrogen) atoms. The number of hydrogen-bond acceptors (Lipinski definition) is 3. The summed E-state index contributed by atoms with van der Waals surface area (Å²) in [6, 6.07) is 10.3. The van der Waals surface area contributed by atoms with Gasteiger partial charge in [0.25, 0.3) is 0 Å². The van der Waals surface area contributed by atoms with Crippen molar-refractivity contribution >= 4 is 6.09 Å². The standard InChI is InChI=1S/C20H29NO3/c1-2-3-14-21-20(22)24-19-11-9-17(10-12-19)13-15-23-16-18-7-5-4-6-8-18/h2,4-8,17,19H,1,3,9-16H2,(H,21,22). The third-order valence-corrected chi connectivity index (χ3v) is 4.47. The summed E-state index contributed by atoms with van der Waals surface area (Å²) in [5.74, 6) is 0.685. The smallest absolute Gasteiger partial charge is 0.407 e. The number of amides is 1. The lowest BCUT2D eigenvalue weighted by Crippen LogP contribution is -2.31. The fourth-order valence-corrected chi connectivity index (χ4v) is 3.02. The van der Waals surface area contributed by atoms with Crippen molar-refractivity contribution in [2.75, 3.05) is 13.2 Å². The molecule has 0 aromatic heterocycles. The predicted molar refractivity (Wildman–Crippen MR) is 95.8 cm³/mol. The second kappa shape index (κ2) is 10.9. The minimum Gasteiger partial charge on any atom is -0.446 e. The Morgan fingerprint density at radius 3 is 2.67 bits per heavy atom. The highest BCUT2D eigenvalue weighted by Gasteiger charge is 2.23. The van der Waals surface area contributed by atoms with Gasteiger partial charge in [-0.1, -0.05) is 36.4 Å². The fourth-order valence-electron chi connectivity index (χ4n) is 3.02. The highest BCUT2D eigenvalue weighted by atomic mass is 16.6. The Hall–Kier alpha value is -1.81. The average Bonchev–Trinajstić information content (AvgIpc) is 2.61. The van der Waals surface area contributed by atoms with E-state index in [0.717, 1.165) is 45.1 Å². The van der Waals surface area contributed by atoms with Crippen molar-refractivity contribution in [3.8, 4) is 0 Å². The van der Waals surface area contributed by atoms with Crippen LogP contribution in [0.3, 0.4) is 0 Å². The molecule has 0 unspecified atom stereocenters. The van der Waals surface area contributed by atoms with E-state index in [4.69, 9.17) is 9.47 Å². The van der Waals surface area contributed by atoms with Gasteiger partial charge in [-0.15, -0.1) is 6.58 Å². The molecule has 1 aliphatic carbocycles. The summed E-state index contributed by atoms with van der Waals surface area (Å²) >= 11 is 0. The second-order valence-electron chi connectivity index (χ2n) is 6.38. The van der Waals surface area contributed by atoms with Gasteiger partial charge < -0.3 is 14.8 Å². The quantitative estimate of drug-likeness (QED) is 0.537. The Kier molecular flexibility index (Phi) is 8.39. The van der Waals surface area contributed by atoms with Gasteiger partial charge in [-0.2, -0.15) is 0 Å². The number of alkyl carbamates (subject to hydrolysis) is 1. The normalized spacial score (nSPS) is 20.3. The molecule has 0 saturated heterocycles. The first-order valence-corrected chi connectivity index (χ1v) is 8.95. The van der Waals surface area contributed by atoms with Crippen LogP contribution in [0, 0.1) is 5.92 Å². The van der Waals surface area contributed by atoms with Crippen LogP contribution in [-0.4, -0.2) is 25.3 Å². The van der Waals surface area contributed by atoms with Gasteiger partial charge in [0.2, 0.25) is 0 Å². The summed E-state index contributed by atoms with van der Waals surface area (Å²) < 4.78 is 11.2. The Labute approximate surface area is 145 Å². The molecular formula is C20H29NO3. The number of carbonyl (C=O) groups excluding carboxylic acids is 1. The molecule has 1 aliphatic rings. The molecule has 1 amide bonds. The predicted octanol–water partition coefficient (Wildman–Crippen LogP) is 4.45. The zero-order valence-electron chi connectivity index (χ0n) is 14.4. The lowest BCUT2D eigenvalue weighted by Gasteiger charge is -2.28. The number of ether oxygens (including phenoxy) is 2. The Balaban J connectivity index is 1.52. The molecule has 1 fully saturated rings. The maximum atomic E-state index is 11.6. The second-order valence-corrected chi connectivity index (χ2v) is 6.38. The minimum atomic E-state index is -0.300. The van der Waals surface area contributed by atoms with Crippen molar-refractivity contribution in [1.29, 1.82) is 0 Å². The number of hydrogen-bond donors (Lipinski definition) is 1. The van der Waals surface area contributed by atoms with Gasteiger partial charge in [0.15, 0.2) is 0 Å². The molecule has 0 bridgehead atoms. The Morgan fingerprint density at radius 1 is 1.21 bits per heavy atom. The maximum Gasteiger partial charge on any atom is 0.407 e. The van der Waals surface area contributed by atoms with Gasteiger partial charge in [-0.25, -0.2) is 4.79 Å². The third-order valence-electron chi connectivity index (χ3n) is 4.47.